The molecule has 1 N–H and O–H groups in total. The fraction of sp³-hybridized carbons (Fsp3) is 0.857. The van der Waals surface area contributed by atoms with Crippen molar-refractivity contribution >= 4 is 40.2 Å². The number of carbonyl (C=O) groups is 2. The maximum Gasteiger partial charge on any atom is 0.301 e. The molecule has 2 aliphatic heterocycles. The molecule has 0 radical (unpaired) electrons. The fourth-order valence-corrected chi connectivity index (χ4v) is 6.31. The highest BCUT2D eigenvalue weighted by Crippen LogP contribution is 2.43. The Bertz CT molecular complexity index is 489. The molecule has 0 aromatic carbocycles. The van der Waals surface area contributed by atoms with Crippen LogP contribution in [0.3, 0.4) is 0 Å². The van der Waals surface area contributed by atoms with Crippen LogP contribution in [0.5, 0.6) is 0 Å². The second-order valence-electron chi connectivity index (χ2n) is 8.60. The molecular weight excluding hydrogens is 332 g/mol. The molecule has 2 saturated heterocycles. The molecule has 2 rings (SSSR count). The van der Waals surface area contributed by atoms with Crippen molar-refractivity contribution in [2.75, 3.05) is 12.3 Å². The van der Waals surface area contributed by atoms with Gasteiger partial charge in [-0.1, -0.05) is 19.6 Å². The third kappa shape index (κ3) is 3.77. The van der Waals surface area contributed by atoms with Crippen LogP contribution in [-0.2, 0) is 14.0 Å². The van der Waals surface area contributed by atoms with E-state index in [1.807, 2.05) is 31.5 Å². The number of amides is 1. The number of fused-ring (bicyclic) bond motifs is 1. The zero-order chi connectivity index (χ0) is 16.9. The van der Waals surface area contributed by atoms with Gasteiger partial charge in [-0.05, 0) is 26.6 Å². The molecule has 0 saturated carbocycles. The van der Waals surface area contributed by atoms with Gasteiger partial charge in [0.2, 0.25) is 14.2 Å². The van der Waals surface area contributed by atoms with Crippen molar-refractivity contribution in [3.05, 3.63) is 0 Å². The number of hydrogen-bond acceptors (Lipinski definition) is 5. The van der Waals surface area contributed by atoms with Gasteiger partial charge in [-0.15, -0.1) is 11.8 Å². The Kier molecular flexibility index (Phi) is 4.62. The smallest absolute Gasteiger partial charge is 0.301 e. The molecule has 2 fully saturated rings. The summed E-state index contributed by atoms with van der Waals surface area (Å²) >= 11 is 1.71. The minimum Gasteiger partial charge on any atom is -0.519 e. The van der Waals surface area contributed by atoms with Gasteiger partial charge in [0.25, 0.3) is 0 Å². The summed E-state index contributed by atoms with van der Waals surface area (Å²) in [6, 6.07) is -0.0748. The number of hydrogen-bond donors (Lipinski definition) is 1. The molecule has 5 nitrogen and oxygen atoms in total. The predicted molar refractivity (Wildman–Crippen MR) is 95.8 cm³/mol. The molecule has 126 valence electrons. The van der Waals surface area contributed by atoms with Gasteiger partial charge in [-0.3, -0.25) is 9.59 Å². The largest absolute Gasteiger partial charge is 0.519 e. The van der Waals surface area contributed by atoms with Crippen LogP contribution in [0, 0.1) is 5.41 Å². The van der Waals surface area contributed by atoms with Gasteiger partial charge in [0, 0.05) is 12.3 Å². The van der Waals surface area contributed by atoms with Gasteiger partial charge in [0.05, 0.1) is 5.41 Å². The first-order valence-electron chi connectivity index (χ1n) is 7.76. The molecule has 2 aliphatic rings. The fourth-order valence-electron chi connectivity index (χ4n) is 2.69. The standard InChI is InChI=1S/C14H28N2O3SSi2/c1-14(13(18)19-22(5,6)7)8-16-11(17)10(12(16)20-9-14)15-21(2,3)4/h10,12,15H,8-9H2,1-7H3/t10?,12-,14?/m1/s1. The molecule has 8 heteroatoms. The second-order valence-corrected chi connectivity index (χ2v) is 18.9. The van der Waals surface area contributed by atoms with Gasteiger partial charge in [0.15, 0.2) is 0 Å². The zero-order valence-corrected chi connectivity index (χ0v) is 17.5. The lowest BCUT2D eigenvalue weighted by atomic mass is 9.90. The number of rotatable bonds is 4. The van der Waals surface area contributed by atoms with E-state index in [4.69, 9.17) is 4.43 Å². The average Bonchev–Trinajstić information content (AvgIpc) is 2.33. The Labute approximate surface area is 139 Å². The third-order valence-corrected chi connectivity index (χ3v) is 7.36. The summed E-state index contributed by atoms with van der Waals surface area (Å²) in [5.41, 5.74) is -0.582. The van der Waals surface area contributed by atoms with Crippen molar-refractivity contribution in [2.24, 2.45) is 5.41 Å². The first-order valence-corrected chi connectivity index (χ1v) is 15.7. The molecule has 2 heterocycles. The summed E-state index contributed by atoms with van der Waals surface area (Å²) in [7, 11) is -3.40. The molecule has 2 unspecified atom stereocenters. The minimum atomic E-state index is -1.90. The summed E-state index contributed by atoms with van der Waals surface area (Å²) in [6.45, 7) is 15.0. The van der Waals surface area contributed by atoms with E-state index in [9.17, 15) is 9.59 Å². The van der Waals surface area contributed by atoms with E-state index < -0.39 is 22.0 Å². The molecule has 3 atom stereocenters. The van der Waals surface area contributed by atoms with Gasteiger partial charge < -0.3 is 14.3 Å². The van der Waals surface area contributed by atoms with Crippen LogP contribution in [0.1, 0.15) is 6.92 Å². The lowest BCUT2D eigenvalue weighted by Crippen LogP contribution is -2.75. The summed E-state index contributed by atoms with van der Waals surface area (Å²) < 4.78 is 5.67. The second kappa shape index (κ2) is 5.64. The van der Waals surface area contributed by atoms with Gasteiger partial charge in [-0.25, -0.2) is 0 Å². The number of β-lactam (4-membered cyclic amide) rings is 1. The van der Waals surface area contributed by atoms with Gasteiger partial charge in [-0.2, -0.15) is 0 Å². The van der Waals surface area contributed by atoms with Crippen molar-refractivity contribution < 1.29 is 14.0 Å². The van der Waals surface area contributed by atoms with E-state index in [2.05, 4.69) is 24.6 Å². The predicted octanol–water partition coefficient (Wildman–Crippen LogP) is 2.08. The first-order chi connectivity index (χ1) is 9.82. The van der Waals surface area contributed by atoms with Crippen LogP contribution < -0.4 is 4.98 Å². The molecule has 0 aliphatic carbocycles. The van der Waals surface area contributed by atoms with E-state index in [1.165, 1.54) is 0 Å². The van der Waals surface area contributed by atoms with Crippen LogP contribution in [0.2, 0.25) is 39.3 Å². The van der Waals surface area contributed by atoms with Crippen LogP contribution in [-0.4, -0.2) is 57.0 Å². The maximum atomic E-state index is 12.5. The number of nitrogens with zero attached hydrogens (tertiary/aromatic N) is 1. The van der Waals surface area contributed by atoms with Gasteiger partial charge in [0.1, 0.15) is 19.7 Å². The Morgan fingerprint density at radius 2 is 1.91 bits per heavy atom. The summed E-state index contributed by atoms with van der Waals surface area (Å²) in [5.74, 6) is 0.702. The first kappa shape index (κ1) is 18.0. The van der Waals surface area contributed by atoms with Crippen LogP contribution >= 0.6 is 11.8 Å². The van der Waals surface area contributed by atoms with E-state index in [1.54, 1.807) is 11.8 Å². The highest BCUT2D eigenvalue weighted by molar-refractivity contribution is 8.00. The number of carbonyl (C=O) groups excluding carboxylic acids is 2. The molecule has 22 heavy (non-hydrogen) atoms. The minimum absolute atomic E-state index is 0.0748. The topological polar surface area (TPSA) is 58.6 Å². The third-order valence-electron chi connectivity index (χ3n) is 3.71. The van der Waals surface area contributed by atoms with Crippen LogP contribution in [0.15, 0.2) is 0 Å². The Balaban J connectivity index is 2.02. The van der Waals surface area contributed by atoms with E-state index in [-0.39, 0.29) is 23.3 Å². The van der Waals surface area contributed by atoms with Crippen molar-refractivity contribution in [2.45, 2.75) is 57.6 Å². The average molecular weight is 361 g/mol. The SMILES string of the molecule is CC1(C(=O)O[Si](C)(C)C)CS[C@@H]2C(N[Si](C)(C)C)C(=O)N2C1. The quantitative estimate of drug-likeness (QED) is 0.614. The summed E-state index contributed by atoms with van der Waals surface area (Å²) in [4.78, 5) is 30.2. The number of nitrogens with one attached hydrogen (secondary N) is 1. The van der Waals surface area contributed by atoms with Crippen LogP contribution in [0.4, 0.5) is 0 Å². The van der Waals surface area contributed by atoms with Gasteiger partial charge >= 0.3 is 5.97 Å². The lowest BCUT2D eigenvalue weighted by Gasteiger charge is -2.55. The number of thioether (sulfide) groups is 1. The normalized spacial score (nSPS) is 32.3. The van der Waals surface area contributed by atoms with Crippen molar-refractivity contribution in [1.82, 2.24) is 9.88 Å². The van der Waals surface area contributed by atoms with Crippen LogP contribution in [0.25, 0.3) is 0 Å². The highest BCUT2D eigenvalue weighted by Gasteiger charge is 2.56. The van der Waals surface area contributed by atoms with E-state index >= 15 is 0 Å². The molecule has 0 aromatic heterocycles. The molecule has 0 aromatic rings. The van der Waals surface area contributed by atoms with Crippen molar-refractivity contribution in [3.8, 4) is 0 Å². The van der Waals surface area contributed by atoms with E-state index in [0.29, 0.717) is 12.3 Å². The Hall–Kier alpha value is -0.316. The Morgan fingerprint density at radius 3 is 2.41 bits per heavy atom. The molecule has 0 bridgehead atoms. The molecule has 1 amide bonds. The summed E-state index contributed by atoms with van der Waals surface area (Å²) in [6.07, 6.45) is 0. The van der Waals surface area contributed by atoms with Crippen molar-refractivity contribution in [1.29, 1.82) is 0 Å². The lowest BCUT2D eigenvalue weighted by molar-refractivity contribution is -0.155. The highest BCUT2D eigenvalue weighted by atomic mass is 32.2. The van der Waals surface area contributed by atoms with E-state index in [0.717, 1.165) is 0 Å². The maximum absolute atomic E-state index is 12.5. The summed E-state index contributed by atoms with van der Waals surface area (Å²) in [5, 5.41) is 0.173. The zero-order valence-electron chi connectivity index (χ0n) is 14.6. The monoisotopic (exact) mass is 360 g/mol. The molecular formula is C14H28N2O3SSi2. The molecule has 0 spiro atoms. The Morgan fingerprint density at radius 1 is 1.32 bits per heavy atom. The van der Waals surface area contributed by atoms with Crippen molar-refractivity contribution in [3.63, 3.8) is 0 Å².